The zero-order chi connectivity index (χ0) is 15.0. The zero-order valence-electron chi connectivity index (χ0n) is 10.9. The number of aromatic nitrogens is 1. The molecule has 0 radical (unpaired) electrons. The maximum atomic E-state index is 6.10. The summed E-state index contributed by atoms with van der Waals surface area (Å²) in [5.74, 6) is 1.11. The van der Waals surface area contributed by atoms with Crippen LogP contribution in [0.15, 0.2) is 30.3 Å². The number of nitrogen functional groups attached to an aromatic ring is 1. The van der Waals surface area contributed by atoms with Gasteiger partial charge in [0.05, 0.1) is 27.4 Å². The third kappa shape index (κ3) is 2.85. The average molecular weight is 341 g/mol. The Kier molecular flexibility index (Phi) is 3.80. The fraction of sp³-hybridized carbons (Fsp3) is 0.0714. The normalized spacial score (nSPS) is 10.8. The molecule has 0 saturated heterocycles. The minimum Gasteiger partial charge on any atom is -0.497 e. The Bertz CT molecular complexity index is 797. The van der Waals surface area contributed by atoms with Gasteiger partial charge in [0.2, 0.25) is 0 Å². The second kappa shape index (κ2) is 5.60. The molecule has 0 aliphatic heterocycles. The molecule has 0 aliphatic carbocycles. The third-order valence-corrected chi connectivity index (χ3v) is 4.24. The molecule has 0 bridgehead atoms. The van der Waals surface area contributed by atoms with Crippen LogP contribution in [0.5, 0.6) is 16.7 Å². The largest absolute Gasteiger partial charge is 0.497 e. The number of hydrogen-bond donors (Lipinski definition) is 1. The van der Waals surface area contributed by atoms with Crippen LogP contribution in [0.25, 0.3) is 10.2 Å². The predicted octanol–water partition coefficient (Wildman–Crippen LogP) is 4.99. The molecule has 108 valence electrons. The van der Waals surface area contributed by atoms with Crippen molar-refractivity contribution in [1.82, 2.24) is 4.98 Å². The first-order valence-corrected chi connectivity index (χ1v) is 7.51. The first-order chi connectivity index (χ1) is 10.1. The number of fused-ring (bicyclic) bond motifs is 1. The number of benzene rings is 2. The number of rotatable bonds is 3. The van der Waals surface area contributed by atoms with E-state index in [9.17, 15) is 0 Å². The number of methoxy groups -OCH3 is 1. The van der Waals surface area contributed by atoms with Crippen molar-refractivity contribution < 1.29 is 9.47 Å². The van der Waals surface area contributed by atoms with Gasteiger partial charge in [-0.15, -0.1) is 0 Å². The first-order valence-electron chi connectivity index (χ1n) is 5.94. The van der Waals surface area contributed by atoms with Crippen LogP contribution in [0, 0.1) is 0 Å². The van der Waals surface area contributed by atoms with Crippen molar-refractivity contribution in [2.24, 2.45) is 0 Å². The summed E-state index contributed by atoms with van der Waals surface area (Å²) >= 11 is 13.6. The second-order valence-electron chi connectivity index (χ2n) is 4.23. The van der Waals surface area contributed by atoms with Crippen molar-refractivity contribution in [3.05, 3.63) is 40.4 Å². The summed E-state index contributed by atoms with van der Waals surface area (Å²) in [4.78, 5) is 4.38. The minimum atomic E-state index is 0.344. The molecule has 0 fully saturated rings. The molecule has 7 heteroatoms. The van der Waals surface area contributed by atoms with Gasteiger partial charge in [0.25, 0.3) is 5.19 Å². The van der Waals surface area contributed by atoms with E-state index in [-0.39, 0.29) is 0 Å². The number of halogens is 2. The molecule has 3 aromatic rings. The molecule has 1 aromatic heterocycles. The molecular weight excluding hydrogens is 331 g/mol. The number of ether oxygens (including phenoxy) is 2. The average Bonchev–Trinajstić information content (AvgIpc) is 2.84. The van der Waals surface area contributed by atoms with Crippen molar-refractivity contribution in [2.45, 2.75) is 0 Å². The van der Waals surface area contributed by atoms with E-state index >= 15 is 0 Å². The van der Waals surface area contributed by atoms with E-state index < -0.39 is 0 Å². The van der Waals surface area contributed by atoms with Gasteiger partial charge < -0.3 is 15.2 Å². The fourth-order valence-electron chi connectivity index (χ4n) is 1.82. The first kappa shape index (κ1) is 14.3. The number of thiazole rings is 1. The van der Waals surface area contributed by atoms with Crippen molar-refractivity contribution in [3.63, 3.8) is 0 Å². The molecule has 0 spiro atoms. The zero-order valence-corrected chi connectivity index (χ0v) is 13.2. The van der Waals surface area contributed by atoms with Crippen LogP contribution in [0.1, 0.15) is 0 Å². The summed E-state index contributed by atoms with van der Waals surface area (Å²) < 4.78 is 11.8. The van der Waals surface area contributed by atoms with E-state index in [2.05, 4.69) is 4.98 Å². The summed E-state index contributed by atoms with van der Waals surface area (Å²) in [6, 6.07) is 8.77. The van der Waals surface area contributed by atoms with Crippen LogP contribution >= 0.6 is 34.5 Å². The highest BCUT2D eigenvalue weighted by atomic mass is 35.5. The van der Waals surface area contributed by atoms with Gasteiger partial charge in [-0.3, -0.25) is 0 Å². The molecule has 3 rings (SSSR count). The molecule has 0 saturated carbocycles. The highest BCUT2D eigenvalue weighted by Gasteiger charge is 2.13. The number of nitrogens with two attached hydrogens (primary N) is 1. The van der Waals surface area contributed by atoms with Crippen LogP contribution in [0.2, 0.25) is 10.0 Å². The Morgan fingerprint density at radius 3 is 2.52 bits per heavy atom. The van der Waals surface area contributed by atoms with Gasteiger partial charge in [-0.05, 0) is 30.3 Å². The quantitative estimate of drug-likeness (QED) is 0.682. The van der Waals surface area contributed by atoms with Gasteiger partial charge in [-0.25, -0.2) is 4.98 Å². The van der Waals surface area contributed by atoms with Gasteiger partial charge >= 0.3 is 0 Å². The maximum Gasteiger partial charge on any atom is 0.279 e. The Morgan fingerprint density at radius 1 is 1.14 bits per heavy atom. The lowest BCUT2D eigenvalue weighted by Crippen LogP contribution is -1.89. The van der Waals surface area contributed by atoms with Crippen LogP contribution in [-0.4, -0.2) is 12.1 Å². The highest BCUT2D eigenvalue weighted by Crippen LogP contribution is 2.40. The lowest BCUT2D eigenvalue weighted by atomic mass is 10.3. The van der Waals surface area contributed by atoms with Gasteiger partial charge in [0.15, 0.2) is 5.75 Å². The number of nitrogens with zero attached hydrogens (tertiary/aromatic N) is 1. The summed E-state index contributed by atoms with van der Waals surface area (Å²) in [5.41, 5.74) is 6.96. The van der Waals surface area contributed by atoms with Crippen LogP contribution < -0.4 is 15.2 Å². The second-order valence-corrected chi connectivity index (χ2v) is 6.04. The summed E-state index contributed by atoms with van der Waals surface area (Å²) in [5, 5.41) is 1.14. The molecule has 0 amide bonds. The standard InChI is InChI=1S/C14H10Cl2N2O2S/c1-19-8-2-3-11-12(6-8)21-14(18-11)20-13-9(15)4-7(17)5-10(13)16/h2-6H,17H2,1H3. The Balaban J connectivity index is 1.98. The smallest absolute Gasteiger partial charge is 0.279 e. The van der Waals surface area contributed by atoms with E-state index in [1.54, 1.807) is 19.2 Å². The lowest BCUT2D eigenvalue weighted by Gasteiger charge is -2.07. The van der Waals surface area contributed by atoms with Gasteiger partial charge in [-0.2, -0.15) is 0 Å². The Morgan fingerprint density at radius 2 is 1.86 bits per heavy atom. The van der Waals surface area contributed by atoms with Crippen LogP contribution in [0.3, 0.4) is 0 Å². The van der Waals surface area contributed by atoms with Crippen molar-refractivity contribution in [1.29, 1.82) is 0 Å². The predicted molar refractivity (Wildman–Crippen MR) is 87.1 cm³/mol. The molecule has 1 heterocycles. The fourth-order valence-corrected chi connectivity index (χ4v) is 3.25. The Labute approximate surface area is 135 Å². The molecular formula is C14H10Cl2N2O2S. The third-order valence-electron chi connectivity index (χ3n) is 2.79. The van der Waals surface area contributed by atoms with Crippen molar-refractivity contribution in [2.75, 3.05) is 12.8 Å². The molecule has 0 atom stereocenters. The van der Waals surface area contributed by atoms with Gasteiger partial charge in [-0.1, -0.05) is 34.5 Å². The molecule has 2 aromatic carbocycles. The van der Waals surface area contributed by atoms with Gasteiger partial charge in [0, 0.05) is 5.69 Å². The minimum absolute atomic E-state index is 0.344. The molecule has 0 unspecified atom stereocenters. The van der Waals surface area contributed by atoms with E-state index in [0.717, 1.165) is 16.0 Å². The van der Waals surface area contributed by atoms with E-state index in [1.165, 1.54) is 11.3 Å². The molecule has 0 aliphatic rings. The highest BCUT2D eigenvalue weighted by molar-refractivity contribution is 7.20. The molecule has 21 heavy (non-hydrogen) atoms. The van der Waals surface area contributed by atoms with E-state index in [1.807, 2.05) is 18.2 Å². The Hall–Kier alpha value is -1.69. The summed E-state index contributed by atoms with van der Waals surface area (Å²) in [7, 11) is 1.62. The van der Waals surface area contributed by atoms with Crippen molar-refractivity contribution >= 4 is 50.4 Å². The van der Waals surface area contributed by atoms with E-state index in [0.29, 0.717) is 26.7 Å². The summed E-state index contributed by atoms with van der Waals surface area (Å²) in [6.45, 7) is 0. The molecule has 2 N–H and O–H groups in total. The van der Waals surface area contributed by atoms with Crippen LogP contribution in [-0.2, 0) is 0 Å². The molecule has 4 nitrogen and oxygen atoms in total. The SMILES string of the molecule is COc1ccc2nc(Oc3c(Cl)cc(N)cc3Cl)sc2c1. The van der Waals surface area contributed by atoms with Crippen molar-refractivity contribution in [3.8, 4) is 16.7 Å². The number of hydrogen-bond acceptors (Lipinski definition) is 5. The monoisotopic (exact) mass is 340 g/mol. The van der Waals surface area contributed by atoms with Gasteiger partial charge in [0.1, 0.15) is 5.75 Å². The van der Waals surface area contributed by atoms with E-state index in [4.69, 9.17) is 38.4 Å². The lowest BCUT2D eigenvalue weighted by molar-refractivity contribution is 0.415. The topological polar surface area (TPSA) is 57.4 Å². The summed E-state index contributed by atoms with van der Waals surface area (Å²) in [6.07, 6.45) is 0. The number of anilines is 1. The van der Waals surface area contributed by atoms with Crippen LogP contribution in [0.4, 0.5) is 5.69 Å². The maximum absolute atomic E-state index is 6.10.